The molecule has 0 aliphatic carbocycles. The molecule has 0 aliphatic heterocycles. The first-order chi connectivity index (χ1) is 8.59. The number of rotatable bonds is 8. The lowest BCUT2D eigenvalue weighted by Gasteiger charge is -2.41. The highest BCUT2D eigenvalue weighted by Crippen LogP contribution is 2.20. The molecule has 0 spiro atoms. The third kappa shape index (κ3) is 5.49. The fraction of sp³-hybridized carbons (Fsp3) is 0.933. The van der Waals surface area contributed by atoms with E-state index < -0.39 is 5.54 Å². The third-order valence-corrected chi connectivity index (χ3v) is 3.79. The molecule has 1 N–H and O–H groups in total. The van der Waals surface area contributed by atoms with Crippen molar-refractivity contribution in [2.24, 2.45) is 0 Å². The van der Waals surface area contributed by atoms with Crippen LogP contribution in [0.25, 0.3) is 0 Å². The highest BCUT2D eigenvalue weighted by atomic mass is 16.5. The Bertz CT molecular complexity index is 290. The van der Waals surface area contributed by atoms with Crippen molar-refractivity contribution in [1.29, 1.82) is 0 Å². The summed E-state index contributed by atoms with van der Waals surface area (Å²) in [4.78, 5) is 14.5. The topological polar surface area (TPSA) is 41.6 Å². The van der Waals surface area contributed by atoms with Crippen LogP contribution in [0.5, 0.6) is 0 Å². The van der Waals surface area contributed by atoms with Crippen molar-refractivity contribution in [3.63, 3.8) is 0 Å². The van der Waals surface area contributed by atoms with Crippen molar-refractivity contribution < 1.29 is 9.53 Å². The predicted molar refractivity (Wildman–Crippen MR) is 80.3 cm³/mol. The minimum absolute atomic E-state index is 0.0619. The SMILES string of the molecule is CCOC(=O)C(C)(CN(C)C(C)(C)CC)NC(C)C. The molecule has 0 aromatic heterocycles. The van der Waals surface area contributed by atoms with Gasteiger partial charge in [0.1, 0.15) is 5.54 Å². The fourth-order valence-electron chi connectivity index (χ4n) is 2.05. The first kappa shape index (κ1) is 18.4. The van der Waals surface area contributed by atoms with E-state index in [1.165, 1.54) is 0 Å². The summed E-state index contributed by atoms with van der Waals surface area (Å²) in [5.74, 6) is -0.178. The molecule has 19 heavy (non-hydrogen) atoms. The number of nitrogens with zero attached hydrogens (tertiary/aromatic N) is 1. The number of likely N-dealkylation sites (N-methyl/N-ethyl adjacent to an activating group) is 1. The Morgan fingerprint density at radius 3 is 2.16 bits per heavy atom. The summed E-state index contributed by atoms with van der Waals surface area (Å²) in [6.45, 7) is 15.4. The Hall–Kier alpha value is -0.610. The predicted octanol–water partition coefficient (Wildman–Crippen LogP) is 2.43. The van der Waals surface area contributed by atoms with Gasteiger partial charge in [-0.2, -0.15) is 0 Å². The second-order valence-electron chi connectivity index (χ2n) is 6.37. The average Bonchev–Trinajstić information content (AvgIpc) is 2.27. The largest absolute Gasteiger partial charge is 0.465 e. The maximum atomic E-state index is 12.2. The lowest BCUT2D eigenvalue weighted by molar-refractivity contribution is -0.152. The van der Waals surface area contributed by atoms with Gasteiger partial charge in [-0.05, 0) is 55.0 Å². The highest BCUT2D eigenvalue weighted by Gasteiger charge is 2.38. The Labute approximate surface area is 118 Å². The van der Waals surface area contributed by atoms with E-state index in [0.29, 0.717) is 13.2 Å². The molecule has 0 saturated heterocycles. The van der Waals surface area contributed by atoms with Crippen molar-refractivity contribution in [3.8, 4) is 0 Å². The van der Waals surface area contributed by atoms with Crippen LogP contribution in [0.3, 0.4) is 0 Å². The molecular formula is C15H32N2O2. The molecule has 0 aliphatic rings. The molecule has 0 bridgehead atoms. The molecule has 0 radical (unpaired) electrons. The maximum Gasteiger partial charge on any atom is 0.327 e. The molecule has 0 saturated carbocycles. The number of ether oxygens (including phenoxy) is 1. The minimum Gasteiger partial charge on any atom is -0.465 e. The lowest BCUT2D eigenvalue weighted by Crippen LogP contribution is -2.61. The van der Waals surface area contributed by atoms with Crippen molar-refractivity contribution in [1.82, 2.24) is 10.2 Å². The molecule has 4 nitrogen and oxygen atoms in total. The molecule has 0 amide bonds. The van der Waals surface area contributed by atoms with Gasteiger partial charge in [0, 0.05) is 18.1 Å². The van der Waals surface area contributed by atoms with Gasteiger partial charge < -0.3 is 4.74 Å². The molecule has 0 heterocycles. The summed E-state index contributed by atoms with van der Waals surface area (Å²) in [5.41, 5.74) is -0.613. The average molecular weight is 272 g/mol. The van der Waals surface area contributed by atoms with Crippen LogP contribution in [0, 0.1) is 0 Å². The van der Waals surface area contributed by atoms with Crippen LogP contribution in [-0.4, -0.2) is 48.2 Å². The molecule has 1 atom stereocenters. The zero-order chi connectivity index (χ0) is 15.3. The number of hydrogen-bond donors (Lipinski definition) is 1. The summed E-state index contributed by atoms with van der Waals surface area (Å²) in [5, 5.41) is 3.35. The van der Waals surface area contributed by atoms with Gasteiger partial charge in [-0.3, -0.25) is 15.0 Å². The van der Waals surface area contributed by atoms with E-state index in [9.17, 15) is 4.79 Å². The van der Waals surface area contributed by atoms with E-state index in [1.54, 1.807) is 0 Å². The Morgan fingerprint density at radius 1 is 1.26 bits per heavy atom. The normalized spacial score (nSPS) is 15.7. The van der Waals surface area contributed by atoms with Gasteiger partial charge in [0.15, 0.2) is 0 Å². The Balaban J connectivity index is 5.00. The van der Waals surface area contributed by atoms with E-state index in [-0.39, 0.29) is 17.6 Å². The number of hydrogen-bond acceptors (Lipinski definition) is 4. The molecular weight excluding hydrogens is 240 g/mol. The second-order valence-corrected chi connectivity index (χ2v) is 6.37. The molecule has 0 rings (SSSR count). The summed E-state index contributed by atoms with van der Waals surface area (Å²) in [6.07, 6.45) is 1.03. The first-order valence-corrected chi connectivity index (χ1v) is 7.25. The molecule has 114 valence electrons. The van der Waals surface area contributed by atoms with Gasteiger partial charge in [-0.1, -0.05) is 6.92 Å². The molecule has 0 aromatic carbocycles. The highest BCUT2D eigenvalue weighted by molar-refractivity contribution is 5.80. The van der Waals surface area contributed by atoms with Gasteiger partial charge in [0.25, 0.3) is 0 Å². The zero-order valence-corrected chi connectivity index (χ0v) is 14.0. The standard InChI is InChI=1S/C15H32N2O2/c1-9-14(5,6)17(8)11-15(7,16-12(3)4)13(18)19-10-2/h12,16H,9-11H2,1-8H3. The lowest BCUT2D eigenvalue weighted by atomic mass is 9.94. The van der Waals surface area contributed by atoms with Crippen molar-refractivity contribution in [2.75, 3.05) is 20.2 Å². The summed E-state index contributed by atoms with van der Waals surface area (Å²) in [7, 11) is 2.06. The van der Waals surface area contributed by atoms with Crippen LogP contribution < -0.4 is 5.32 Å². The maximum absolute atomic E-state index is 12.2. The first-order valence-electron chi connectivity index (χ1n) is 7.25. The van der Waals surface area contributed by atoms with Gasteiger partial charge in [-0.15, -0.1) is 0 Å². The van der Waals surface area contributed by atoms with E-state index in [4.69, 9.17) is 4.74 Å². The van der Waals surface area contributed by atoms with Crippen LogP contribution in [0.1, 0.15) is 54.9 Å². The van der Waals surface area contributed by atoms with Crippen LogP contribution in [0.4, 0.5) is 0 Å². The van der Waals surface area contributed by atoms with Crippen LogP contribution >= 0.6 is 0 Å². The second kappa shape index (κ2) is 7.25. The van der Waals surface area contributed by atoms with Gasteiger partial charge in [0.05, 0.1) is 6.61 Å². The summed E-state index contributed by atoms with van der Waals surface area (Å²) < 4.78 is 5.23. The fourth-order valence-corrected chi connectivity index (χ4v) is 2.05. The van der Waals surface area contributed by atoms with Crippen molar-refractivity contribution in [2.45, 2.75) is 72.0 Å². The Morgan fingerprint density at radius 2 is 1.79 bits per heavy atom. The van der Waals surface area contributed by atoms with Gasteiger partial charge >= 0.3 is 5.97 Å². The third-order valence-electron chi connectivity index (χ3n) is 3.79. The number of esters is 1. The summed E-state index contributed by atoms with van der Waals surface area (Å²) >= 11 is 0. The van der Waals surface area contributed by atoms with E-state index in [1.807, 2.05) is 27.7 Å². The van der Waals surface area contributed by atoms with E-state index >= 15 is 0 Å². The summed E-state index contributed by atoms with van der Waals surface area (Å²) in [6, 6.07) is 0.229. The molecule has 0 aromatic rings. The zero-order valence-electron chi connectivity index (χ0n) is 14.0. The van der Waals surface area contributed by atoms with E-state index in [0.717, 1.165) is 6.42 Å². The molecule has 0 fully saturated rings. The quantitative estimate of drug-likeness (QED) is 0.689. The number of carbonyl (C=O) groups is 1. The Kier molecular flexibility index (Phi) is 7.01. The van der Waals surface area contributed by atoms with Crippen LogP contribution in [-0.2, 0) is 9.53 Å². The van der Waals surface area contributed by atoms with Crippen molar-refractivity contribution >= 4 is 5.97 Å². The number of carbonyl (C=O) groups excluding carboxylic acids is 1. The van der Waals surface area contributed by atoms with Crippen molar-refractivity contribution in [3.05, 3.63) is 0 Å². The minimum atomic E-state index is -0.675. The molecule has 1 unspecified atom stereocenters. The van der Waals surface area contributed by atoms with Gasteiger partial charge in [-0.25, -0.2) is 0 Å². The monoisotopic (exact) mass is 272 g/mol. The van der Waals surface area contributed by atoms with E-state index in [2.05, 4.69) is 38.0 Å². The van der Waals surface area contributed by atoms with Crippen LogP contribution in [0.2, 0.25) is 0 Å². The van der Waals surface area contributed by atoms with Gasteiger partial charge in [0.2, 0.25) is 0 Å². The van der Waals surface area contributed by atoms with Crippen LogP contribution in [0.15, 0.2) is 0 Å². The number of nitrogens with one attached hydrogen (secondary N) is 1. The smallest absolute Gasteiger partial charge is 0.327 e. The molecule has 4 heteroatoms.